The van der Waals surface area contributed by atoms with Crippen LogP contribution in [0.3, 0.4) is 0 Å². The van der Waals surface area contributed by atoms with Gasteiger partial charge in [-0.2, -0.15) is 0 Å². The molecule has 19 heavy (non-hydrogen) atoms. The van der Waals surface area contributed by atoms with Crippen LogP contribution in [0.2, 0.25) is 0 Å². The molecule has 0 saturated heterocycles. The predicted octanol–water partition coefficient (Wildman–Crippen LogP) is 3.59. The predicted molar refractivity (Wildman–Crippen MR) is 81.0 cm³/mol. The molecule has 2 heteroatoms. The van der Waals surface area contributed by atoms with E-state index >= 15 is 0 Å². The van der Waals surface area contributed by atoms with Gasteiger partial charge in [-0.3, -0.25) is 0 Å². The molecule has 2 atom stereocenters. The first-order valence-electron chi connectivity index (χ1n) is 8.59. The second kappa shape index (κ2) is 6.78. The molecule has 2 N–H and O–H groups in total. The molecule has 0 bridgehead atoms. The van der Waals surface area contributed by atoms with E-state index in [-0.39, 0.29) is 0 Å². The Balaban J connectivity index is 1.33. The zero-order chi connectivity index (χ0) is 12.9. The van der Waals surface area contributed by atoms with E-state index in [4.69, 9.17) is 0 Å². The molecule has 2 fully saturated rings. The van der Waals surface area contributed by atoms with Crippen LogP contribution in [0.25, 0.3) is 0 Å². The van der Waals surface area contributed by atoms with Crippen LogP contribution in [0, 0.1) is 11.8 Å². The van der Waals surface area contributed by atoms with Crippen molar-refractivity contribution in [2.75, 3.05) is 13.1 Å². The highest BCUT2D eigenvalue weighted by Crippen LogP contribution is 2.35. The Morgan fingerprint density at radius 3 is 2.68 bits per heavy atom. The molecule has 108 valence electrons. The van der Waals surface area contributed by atoms with Gasteiger partial charge in [0.05, 0.1) is 0 Å². The number of rotatable bonds is 5. The van der Waals surface area contributed by atoms with Crippen LogP contribution >= 0.6 is 0 Å². The fourth-order valence-corrected chi connectivity index (χ4v) is 4.28. The van der Waals surface area contributed by atoms with Crippen molar-refractivity contribution in [1.29, 1.82) is 0 Å². The normalized spacial score (nSPS) is 31.7. The number of hydrogen-bond acceptors (Lipinski definition) is 2. The summed E-state index contributed by atoms with van der Waals surface area (Å²) in [7, 11) is 0. The molecule has 0 aromatic heterocycles. The second-order valence-electron chi connectivity index (χ2n) is 6.84. The highest BCUT2D eigenvalue weighted by molar-refractivity contribution is 5.17. The fourth-order valence-electron chi connectivity index (χ4n) is 4.28. The van der Waals surface area contributed by atoms with Gasteiger partial charge in [0.1, 0.15) is 0 Å². The van der Waals surface area contributed by atoms with E-state index in [9.17, 15) is 0 Å². The van der Waals surface area contributed by atoms with E-state index in [1.807, 2.05) is 0 Å². The standard InChI is InChI=1S/C17H30N2/c1-2-6-14(7-3-1)12-18-11-10-15-13-19-17-9-5-4-8-16(15)17/h13-14,16-19H,1-12H2. The summed E-state index contributed by atoms with van der Waals surface area (Å²) < 4.78 is 0. The van der Waals surface area contributed by atoms with Gasteiger partial charge in [-0.15, -0.1) is 0 Å². The van der Waals surface area contributed by atoms with E-state index < -0.39 is 0 Å². The van der Waals surface area contributed by atoms with Crippen molar-refractivity contribution < 1.29 is 0 Å². The summed E-state index contributed by atoms with van der Waals surface area (Å²) in [5.74, 6) is 1.83. The van der Waals surface area contributed by atoms with Gasteiger partial charge in [0.25, 0.3) is 0 Å². The van der Waals surface area contributed by atoms with Crippen LogP contribution in [0.5, 0.6) is 0 Å². The van der Waals surface area contributed by atoms with E-state index in [2.05, 4.69) is 16.8 Å². The van der Waals surface area contributed by atoms with Gasteiger partial charge in [-0.1, -0.05) is 32.1 Å². The van der Waals surface area contributed by atoms with Crippen molar-refractivity contribution in [3.8, 4) is 0 Å². The second-order valence-corrected chi connectivity index (χ2v) is 6.84. The van der Waals surface area contributed by atoms with Gasteiger partial charge in [0, 0.05) is 12.0 Å². The summed E-state index contributed by atoms with van der Waals surface area (Å²) >= 11 is 0. The molecular weight excluding hydrogens is 232 g/mol. The van der Waals surface area contributed by atoms with Crippen LogP contribution in [0.4, 0.5) is 0 Å². The lowest BCUT2D eigenvalue weighted by atomic mass is 9.81. The molecule has 0 amide bonds. The average molecular weight is 262 g/mol. The quantitative estimate of drug-likeness (QED) is 0.740. The third kappa shape index (κ3) is 3.53. The van der Waals surface area contributed by atoms with Gasteiger partial charge in [-0.05, 0) is 62.9 Å². The molecule has 1 aliphatic heterocycles. The summed E-state index contributed by atoms with van der Waals surface area (Å²) in [4.78, 5) is 0. The number of fused-ring (bicyclic) bond motifs is 1. The maximum Gasteiger partial charge on any atom is 0.0321 e. The number of hydrogen-bond donors (Lipinski definition) is 2. The van der Waals surface area contributed by atoms with Crippen molar-refractivity contribution in [2.45, 2.75) is 70.3 Å². The summed E-state index contributed by atoms with van der Waals surface area (Å²) in [6.45, 7) is 2.45. The molecule has 1 heterocycles. The highest BCUT2D eigenvalue weighted by atomic mass is 14.9. The minimum atomic E-state index is 0.780. The Labute approximate surface area is 118 Å². The lowest BCUT2D eigenvalue weighted by Gasteiger charge is -2.27. The van der Waals surface area contributed by atoms with E-state index in [1.165, 1.54) is 77.3 Å². The molecule has 0 spiro atoms. The van der Waals surface area contributed by atoms with Gasteiger partial charge < -0.3 is 10.6 Å². The van der Waals surface area contributed by atoms with E-state index in [1.54, 1.807) is 5.57 Å². The molecule has 2 aliphatic carbocycles. The monoisotopic (exact) mass is 262 g/mol. The number of nitrogens with one attached hydrogen (secondary N) is 2. The van der Waals surface area contributed by atoms with Crippen LogP contribution in [0.15, 0.2) is 11.8 Å². The topological polar surface area (TPSA) is 24.1 Å². The first-order valence-corrected chi connectivity index (χ1v) is 8.59. The molecule has 3 aliphatic rings. The highest BCUT2D eigenvalue weighted by Gasteiger charge is 2.30. The fraction of sp³-hybridized carbons (Fsp3) is 0.882. The third-order valence-electron chi connectivity index (χ3n) is 5.47. The molecule has 3 rings (SSSR count). The Morgan fingerprint density at radius 1 is 1.00 bits per heavy atom. The maximum absolute atomic E-state index is 3.71. The summed E-state index contributed by atoms with van der Waals surface area (Å²) in [5.41, 5.74) is 1.70. The minimum Gasteiger partial charge on any atom is -0.388 e. The summed E-state index contributed by atoms with van der Waals surface area (Å²) in [6.07, 6.45) is 16.6. The van der Waals surface area contributed by atoms with Crippen LogP contribution < -0.4 is 10.6 Å². The maximum atomic E-state index is 3.71. The van der Waals surface area contributed by atoms with Crippen molar-refractivity contribution in [2.24, 2.45) is 11.8 Å². The Morgan fingerprint density at radius 2 is 1.79 bits per heavy atom. The molecule has 0 aromatic carbocycles. The Kier molecular flexibility index (Phi) is 4.81. The molecule has 2 unspecified atom stereocenters. The average Bonchev–Trinajstić information content (AvgIpc) is 2.88. The van der Waals surface area contributed by atoms with Crippen LogP contribution in [0.1, 0.15) is 64.2 Å². The zero-order valence-corrected chi connectivity index (χ0v) is 12.3. The first kappa shape index (κ1) is 13.5. The molecule has 0 aromatic rings. The van der Waals surface area contributed by atoms with Crippen molar-refractivity contribution in [1.82, 2.24) is 10.6 Å². The SMILES string of the molecule is C1=C(CCNCC2CCCCC2)C2CCCCC2N1. The zero-order valence-electron chi connectivity index (χ0n) is 12.3. The Bertz CT molecular complexity index is 304. The molecule has 2 nitrogen and oxygen atoms in total. The van der Waals surface area contributed by atoms with Crippen molar-refractivity contribution in [3.63, 3.8) is 0 Å². The van der Waals surface area contributed by atoms with E-state index in [0.29, 0.717) is 0 Å². The summed E-state index contributed by atoms with van der Waals surface area (Å²) in [6, 6.07) is 0.780. The smallest absolute Gasteiger partial charge is 0.0321 e. The van der Waals surface area contributed by atoms with Gasteiger partial charge >= 0.3 is 0 Å². The lowest BCUT2D eigenvalue weighted by molar-refractivity contribution is 0.330. The first-order chi connectivity index (χ1) is 9.43. The molecule has 0 radical (unpaired) electrons. The van der Waals surface area contributed by atoms with Crippen molar-refractivity contribution >= 4 is 0 Å². The lowest BCUT2D eigenvalue weighted by Crippen LogP contribution is -2.31. The molecular formula is C17H30N2. The van der Waals surface area contributed by atoms with Crippen LogP contribution in [-0.2, 0) is 0 Å². The van der Waals surface area contributed by atoms with Crippen molar-refractivity contribution in [3.05, 3.63) is 11.8 Å². The largest absolute Gasteiger partial charge is 0.388 e. The minimum absolute atomic E-state index is 0.780. The van der Waals surface area contributed by atoms with Gasteiger partial charge in [0.2, 0.25) is 0 Å². The van der Waals surface area contributed by atoms with Gasteiger partial charge in [-0.25, -0.2) is 0 Å². The molecule has 2 saturated carbocycles. The van der Waals surface area contributed by atoms with E-state index in [0.717, 1.165) is 17.9 Å². The van der Waals surface area contributed by atoms with Crippen LogP contribution in [-0.4, -0.2) is 19.1 Å². The third-order valence-corrected chi connectivity index (χ3v) is 5.47. The Hall–Kier alpha value is -0.500. The summed E-state index contributed by atoms with van der Waals surface area (Å²) in [5, 5.41) is 7.32. The van der Waals surface area contributed by atoms with Gasteiger partial charge in [0.15, 0.2) is 0 Å².